The molecule has 0 aliphatic carbocycles. The molecule has 0 saturated carbocycles. The van der Waals surface area contributed by atoms with Crippen LogP contribution in [0.25, 0.3) is 11.2 Å². The number of oxazole rings is 1. The standard InChI is InChI=1S/C25H28FN7O4/c1-15-11-16(4-5-27-15)24-29-19(14-36-24)23(34)28-18-12-20-21(30-22(18)33-6-2-3-17(26)13-33)31-25(37-20)32-7-9-35-10-8-32/h4-5,11-12,14,17,24,29H,2-3,6-10,13H2,1H3,(H,28,34). The highest BCUT2D eigenvalue weighted by atomic mass is 19.1. The van der Waals surface area contributed by atoms with Crippen LogP contribution in [0, 0.1) is 6.92 Å². The van der Waals surface area contributed by atoms with E-state index in [0.29, 0.717) is 74.4 Å². The molecule has 2 unspecified atom stereocenters. The van der Waals surface area contributed by atoms with Crippen LogP contribution in [0.4, 0.5) is 21.9 Å². The van der Waals surface area contributed by atoms with Gasteiger partial charge >= 0.3 is 0 Å². The predicted octanol–water partition coefficient (Wildman–Crippen LogP) is 2.80. The summed E-state index contributed by atoms with van der Waals surface area (Å²) in [7, 11) is 0. The van der Waals surface area contributed by atoms with Crippen molar-refractivity contribution in [2.45, 2.75) is 32.2 Å². The monoisotopic (exact) mass is 509 g/mol. The molecule has 12 heteroatoms. The first-order valence-corrected chi connectivity index (χ1v) is 12.4. The van der Waals surface area contributed by atoms with E-state index in [9.17, 15) is 9.18 Å². The normalized spacial score (nSPS) is 21.9. The van der Waals surface area contributed by atoms with Gasteiger partial charge in [-0.2, -0.15) is 4.98 Å². The maximum atomic E-state index is 14.3. The fourth-order valence-electron chi connectivity index (χ4n) is 4.73. The van der Waals surface area contributed by atoms with Crippen LogP contribution in [-0.4, -0.2) is 66.4 Å². The number of carbonyl (C=O) groups excluding carboxylic acids is 1. The van der Waals surface area contributed by atoms with E-state index in [2.05, 4.69) is 20.6 Å². The lowest BCUT2D eigenvalue weighted by Crippen LogP contribution is -2.37. The number of amides is 1. The number of carbonyl (C=O) groups is 1. The Morgan fingerprint density at radius 3 is 2.86 bits per heavy atom. The van der Waals surface area contributed by atoms with Gasteiger partial charge in [-0.3, -0.25) is 9.78 Å². The van der Waals surface area contributed by atoms with E-state index in [4.69, 9.17) is 18.9 Å². The lowest BCUT2D eigenvalue weighted by atomic mass is 10.1. The smallest absolute Gasteiger partial charge is 0.300 e. The lowest BCUT2D eigenvalue weighted by molar-refractivity contribution is -0.113. The van der Waals surface area contributed by atoms with Crippen molar-refractivity contribution in [3.8, 4) is 0 Å². The van der Waals surface area contributed by atoms with Crippen molar-refractivity contribution < 1.29 is 23.1 Å². The number of nitrogens with zero attached hydrogens (tertiary/aromatic N) is 5. The topological polar surface area (TPSA) is 118 Å². The van der Waals surface area contributed by atoms with Crippen LogP contribution in [0.15, 0.2) is 40.8 Å². The molecule has 194 valence electrons. The van der Waals surface area contributed by atoms with Crippen LogP contribution in [0.3, 0.4) is 0 Å². The average molecular weight is 510 g/mol. The summed E-state index contributed by atoms with van der Waals surface area (Å²) >= 11 is 0. The van der Waals surface area contributed by atoms with Gasteiger partial charge in [0.15, 0.2) is 17.6 Å². The second-order valence-electron chi connectivity index (χ2n) is 9.34. The Morgan fingerprint density at radius 1 is 1.19 bits per heavy atom. The number of aryl methyl sites for hydroxylation is 1. The molecule has 2 fully saturated rings. The van der Waals surface area contributed by atoms with Crippen molar-refractivity contribution in [1.29, 1.82) is 0 Å². The third-order valence-electron chi connectivity index (χ3n) is 6.62. The Morgan fingerprint density at radius 2 is 2.05 bits per heavy atom. The number of halogens is 1. The van der Waals surface area contributed by atoms with Crippen LogP contribution < -0.4 is 20.4 Å². The Hall–Kier alpha value is -3.93. The van der Waals surface area contributed by atoms with E-state index in [1.165, 1.54) is 6.26 Å². The average Bonchev–Trinajstić information content (AvgIpc) is 3.56. The Bertz CT molecular complexity index is 1340. The van der Waals surface area contributed by atoms with Crippen LogP contribution in [0.1, 0.15) is 30.3 Å². The molecule has 3 aromatic heterocycles. The third kappa shape index (κ3) is 4.88. The molecule has 2 atom stereocenters. The Labute approximate surface area is 212 Å². The summed E-state index contributed by atoms with van der Waals surface area (Å²) < 4.78 is 31.4. The number of hydrogen-bond acceptors (Lipinski definition) is 10. The SMILES string of the molecule is Cc1cc(C2NC(C(=O)Nc3cc4oc(N5CCOCC5)nc4nc3N3CCCC(F)C3)=CO2)ccn1. The molecule has 37 heavy (non-hydrogen) atoms. The van der Waals surface area contributed by atoms with E-state index < -0.39 is 18.3 Å². The zero-order valence-electron chi connectivity index (χ0n) is 20.4. The minimum absolute atomic E-state index is 0.197. The number of piperidine rings is 1. The first-order chi connectivity index (χ1) is 18.0. The van der Waals surface area contributed by atoms with Gasteiger partial charge in [0.2, 0.25) is 5.65 Å². The highest BCUT2D eigenvalue weighted by molar-refractivity contribution is 6.05. The summed E-state index contributed by atoms with van der Waals surface area (Å²) in [5.41, 5.74) is 3.23. The van der Waals surface area contributed by atoms with Crippen LogP contribution in [0.5, 0.6) is 0 Å². The summed E-state index contributed by atoms with van der Waals surface area (Å²) in [6.45, 7) is 5.23. The van der Waals surface area contributed by atoms with Gasteiger partial charge in [0.1, 0.15) is 18.1 Å². The largest absolute Gasteiger partial charge is 0.472 e. The minimum Gasteiger partial charge on any atom is -0.472 e. The molecule has 6 heterocycles. The molecule has 11 nitrogen and oxygen atoms in total. The molecular weight excluding hydrogens is 481 g/mol. The number of morpholine rings is 1. The highest BCUT2D eigenvalue weighted by Crippen LogP contribution is 2.33. The van der Waals surface area contributed by atoms with Crippen molar-refractivity contribution in [3.63, 3.8) is 0 Å². The Kier molecular flexibility index (Phi) is 6.25. The van der Waals surface area contributed by atoms with Gasteiger partial charge < -0.3 is 34.3 Å². The number of ether oxygens (including phenoxy) is 2. The third-order valence-corrected chi connectivity index (χ3v) is 6.62. The number of aromatic nitrogens is 3. The van der Waals surface area contributed by atoms with Crippen LogP contribution in [0.2, 0.25) is 0 Å². The molecule has 3 aliphatic heterocycles. The molecule has 2 saturated heterocycles. The summed E-state index contributed by atoms with van der Waals surface area (Å²) in [6, 6.07) is 5.87. The van der Waals surface area contributed by atoms with E-state index in [0.717, 1.165) is 11.3 Å². The molecule has 2 N–H and O–H groups in total. The zero-order valence-corrected chi connectivity index (χ0v) is 20.4. The number of rotatable bonds is 5. The first-order valence-electron chi connectivity index (χ1n) is 12.4. The lowest BCUT2D eigenvalue weighted by Gasteiger charge is -2.31. The van der Waals surface area contributed by atoms with Gasteiger partial charge in [0.05, 0.1) is 25.4 Å². The van der Waals surface area contributed by atoms with Crippen molar-refractivity contribution >= 4 is 34.7 Å². The zero-order chi connectivity index (χ0) is 25.4. The van der Waals surface area contributed by atoms with Crippen molar-refractivity contribution in [3.05, 3.63) is 47.6 Å². The number of nitrogens with one attached hydrogen (secondary N) is 2. The second-order valence-corrected chi connectivity index (χ2v) is 9.34. The van der Waals surface area contributed by atoms with Crippen LogP contribution in [-0.2, 0) is 14.3 Å². The van der Waals surface area contributed by atoms with E-state index >= 15 is 0 Å². The molecule has 0 bridgehead atoms. The van der Waals surface area contributed by atoms with Gasteiger partial charge in [-0.1, -0.05) is 0 Å². The second kappa shape index (κ2) is 9.85. The van der Waals surface area contributed by atoms with Crippen molar-refractivity contribution in [1.82, 2.24) is 20.3 Å². The maximum Gasteiger partial charge on any atom is 0.300 e. The summed E-state index contributed by atoms with van der Waals surface area (Å²) in [5.74, 6) is 0.0586. The number of alkyl halides is 1. The van der Waals surface area contributed by atoms with Crippen LogP contribution >= 0.6 is 0 Å². The Balaban J connectivity index is 1.27. The van der Waals surface area contributed by atoms with Gasteiger partial charge in [0, 0.05) is 43.2 Å². The van der Waals surface area contributed by atoms with Crippen molar-refractivity contribution in [2.24, 2.45) is 0 Å². The van der Waals surface area contributed by atoms with Gasteiger partial charge in [-0.05, 0) is 31.9 Å². The highest BCUT2D eigenvalue weighted by Gasteiger charge is 2.28. The fraction of sp³-hybridized carbons (Fsp3) is 0.440. The summed E-state index contributed by atoms with van der Waals surface area (Å²) in [6.07, 6.45) is 2.83. The van der Waals surface area contributed by atoms with E-state index in [-0.39, 0.29) is 12.2 Å². The van der Waals surface area contributed by atoms with E-state index in [1.807, 2.05) is 28.9 Å². The molecule has 0 spiro atoms. The number of fused-ring (bicyclic) bond motifs is 1. The van der Waals surface area contributed by atoms with Gasteiger partial charge in [0.25, 0.3) is 11.9 Å². The molecule has 6 rings (SSSR count). The summed E-state index contributed by atoms with van der Waals surface area (Å²) in [4.78, 5) is 30.5. The fourth-order valence-corrected chi connectivity index (χ4v) is 4.73. The molecule has 0 aromatic carbocycles. The molecule has 0 radical (unpaired) electrons. The molecule has 3 aliphatic rings. The van der Waals surface area contributed by atoms with E-state index in [1.54, 1.807) is 12.3 Å². The summed E-state index contributed by atoms with van der Waals surface area (Å²) in [5, 5.41) is 6.01. The quantitative estimate of drug-likeness (QED) is 0.532. The molecule has 1 amide bonds. The maximum absolute atomic E-state index is 14.3. The number of hydrogen-bond donors (Lipinski definition) is 2. The predicted molar refractivity (Wildman–Crippen MR) is 134 cm³/mol. The van der Waals surface area contributed by atoms with Gasteiger partial charge in [-0.15, -0.1) is 0 Å². The first kappa shape index (κ1) is 23.5. The number of pyridine rings is 2. The minimum atomic E-state index is -0.965. The molecule has 3 aromatic rings. The molecular formula is C25H28FN7O4. The number of anilines is 3. The van der Waals surface area contributed by atoms with Gasteiger partial charge in [-0.25, -0.2) is 9.37 Å². The van der Waals surface area contributed by atoms with Crippen molar-refractivity contribution in [2.75, 3.05) is 54.5 Å².